The average molecular weight is 263 g/mol. The molecule has 0 amide bonds. The van der Waals surface area contributed by atoms with E-state index in [1.165, 1.54) is 44.5 Å². The van der Waals surface area contributed by atoms with Crippen LogP contribution in [-0.4, -0.2) is 48.1 Å². The third-order valence-corrected chi connectivity index (χ3v) is 3.68. The van der Waals surface area contributed by atoms with Crippen LogP contribution >= 0.6 is 0 Å². The van der Waals surface area contributed by atoms with Crippen molar-refractivity contribution >= 4 is 11.6 Å². The lowest BCUT2D eigenvalue weighted by atomic mass is 10.2. The molecule has 0 atom stereocenters. The van der Waals surface area contributed by atoms with Gasteiger partial charge in [0, 0.05) is 19.2 Å². The molecule has 1 saturated heterocycles. The Morgan fingerprint density at radius 1 is 1.21 bits per heavy atom. The minimum atomic E-state index is 0.930. The molecule has 19 heavy (non-hydrogen) atoms. The fourth-order valence-corrected chi connectivity index (χ4v) is 2.63. The predicted molar refractivity (Wildman–Crippen MR) is 79.7 cm³/mol. The van der Waals surface area contributed by atoms with Gasteiger partial charge in [-0.15, -0.1) is 0 Å². The van der Waals surface area contributed by atoms with Gasteiger partial charge >= 0.3 is 0 Å². The van der Waals surface area contributed by atoms with Crippen molar-refractivity contribution in [1.82, 2.24) is 14.9 Å². The molecular weight excluding hydrogens is 238 g/mol. The topological polar surface area (TPSA) is 53.1 Å². The van der Waals surface area contributed by atoms with Crippen molar-refractivity contribution in [3.8, 4) is 0 Å². The Balaban J connectivity index is 1.81. The Hall–Kier alpha value is -1.36. The number of nitrogens with zero attached hydrogens (tertiary/aromatic N) is 3. The summed E-state index contributed by atoms with van der Waals surface area (Å²) in [6.45, 7) is 6.85. The van der Waals surface area contributed by atoms with Gasteiger partial charge in [0.15, 0.2) is 0 Å². The van der Waals surface area contributed by atoms with Gasteiger partial charge in [-0.2, -0.15) is 0 Å². The first-order chi connectivity index (χ1) is 9.35. The highest BCUT2D eigenvalue weighted by molar-refractivity contribution is 5.56. The van der Waals surface area contributed by atoms with Crippen molar-refractivity contribution in [2.24, 2.45) is 0 Å². The van der Waals surface area contributed by atoms with E-state index in [2.05, 4.69) is 32.4 Å². The number of hydrogen-bond acceptors (Lipinski definition) is 5. The quantitative estimate of drug-likeness (QED) is 0.737. The van der Waals surface area contributed by atoms with Crippen molar-refractivity contribution in [1.29, 1.82) is 0 Å². The van der Waals surface area contributed by atoms with Gasteiger partial charge in [-0.1, -0.05) is 6.92 Å². The molecule has 0 aromatic carbocycles. The molecule has 5 heteroatoms. The maximum absolute atomic E-state index is 4.35. The summed E-state index contributed by atoms with van der Waals surface area (Å²) in [6.07, 6.45) is 6.46. The molecule has 106 valence electrons. The molecule has 0 saturated carbocycles. The lowest BCUT2D eigenvalue weighted by Gasteiger charge is -2.16. The van der Waals surface area contributed by atoms with Crippen molar-refractivity contribution in [2.45, 2.75) is 32.6 Å². The van der Waals surface area contributed by atoms with Crippen LogP contribution in [0.3, 0.4) is 0 Å². The number of anilines is 2. The second kappa shape index (κ2) is 7.28. The number of aromatic nitrogens is 2. The van der Waals surface area contributed by atoms with Crippen LogP contribution in [0.2, 0.25) is 0 Å². The lowest BCUT2D eigenvalue weighted by molar-refractivity contribution is 0.337. The highest BCUT2D eigenvalue weighted by Gasteiger charge is 2.11. The van der Waals surface area contributed by atoms with Crippen molar-refractivity contribution in [2.75, 3.05) is 43.9 Å². The van der Waals surface area contributed by atoms with Gasteiger partial charge in [0.25, 0.3) is 0 Å². The molecule has 5 nitrogen and oxygen atoms in total. The number of rotatable bonds is 7. The molecule has 1 aliphatic rings. The molecule has 1 aromatic rings. The van der Waals surface area contributed by atoms with Crippen LogP contribution in [0.1, 0.15) is 31.7 Å². The van der Waals surface area contributed by atoms with E-state index in [-0.39, 0.29) is 0 Å². The minimum absolute atomic E-state index is 0.930. The molecule has 0 bridgehead atoms. The molecule has 2 rings (SSSR count). The largest absolute Gasteiger partial charge is 0.373 e. The lowest BCUT2D eigenvalue weighted by Crippen LogP contribution is -2.22. The molecule has 2 heterocycles. The third kappa shape index (κ3) is 3.80. The van der Waals surface area contributed by atoms with Crippen molar-refractivity contribution < 1.29 is 0 Å². The summed E-state index contributed by atoms with van der Waals surface area (Å²) in [5.74, 6) is 1.91. The zero-order chi connectivity index (χ0) is 13.5. The molecule has 0 unspecified atom stereocenters. The first-order valence-electron chi connectivity index (χ1n) is 7.33. The summed E-state index contributed by atoms with van der Waals surface area (Å²) in [4.78, 5) is 11.1. The fourth-order valence-electron chi connectivity index (χ4n) is 2.63. The highest BCUT2D eigenvalue weighted by Crippen LogP contribution is 2.19. The fraction of sp³-hybridized carbons (Fsp3) is 0.714. The van der Waals surface area contributed by atoms with E-state index in [9.17, 15) is 0 Å². The van der Waals surface area contributed by atoms with Crippen LogP contribution < -0.4 is 10.6 Å². The van der Waals surface area contributed by atoms with Crippen LogP contribution in [0.5, 0.6) is 0 Å². The summed E-state index contributed by atoms with van der Waals surface area (Å²) >= 11 is 0. The second-order valence-corrected chi connectivity index (χ2v) is 4.98. The van der Waals surface area contributed by atoms with Crippen molar-refractivity contribution in [3.63, 3.8) is 0 Å². The summed E-state index contributed by atoms with van der Waals surface area (Å²) < 4.78 is 0. The Bertz CT molecular complexity index is 387. The van der Waals surface area contributed by atoms with E-state index < -0.39 is 0 Å². The second-order valence-electron chi connectivity index (χ2n) is 4.98. The first kappa shape index (κ1) is 14.1. The molecule has 0 radical (unpaired) electrons. The van der Waals surface area contributed by atoms with Gasteiger partial charge < -0.3 is 15.5 Å². The zero-order valence-corrected chi connectivity index (χ0v) is 12.1. The number of nitrogens with one attached hydrogen (secondary N) is 2. The van der Waals surface area contributed by atoms with Crippen LogP contribution in [0.4, 0.5) is 11.6 Å². The monoisotopic (exact) mass is 263 g/mol. The van der Waals surface area contributed by atoms with Gasteiger partial charge in [0.2, 0.25) is 0 Å². The normalized spacial score (nSPS) is 15.7. The summed E-state index contributed by atoms with van der Waals surface area (Å²) in [5.41, 5.74) is 1.17. The Labute approximate surface area is 115 Å². The van der Waals surface area contributed by atoms with E-state index in [0.717, 1.165) is 24.6 Å². The van der Waals surface area contributed by atoms with Crippen LogP contribution in [0.15, 0.2) is 6.33 Å². The summed E-state index contributed by atoms with van der Waals surface area (Å²) in [5, 5.41) is 6.57. The molecule has 1 aliphatic heterocycles. The molecule has 1 aromatic heterocycles. The SMILES string of the molecule is CCc1c(NC)ncnc1NCCCN1CCCC1. The maximum Gasteiger partial charge on any atom is 0.134 e. The standard InChI is InChI=1S/C14H25N5/c1-3-12-13(15-2)17-11-18-14(12)16-7-6-10-19-8-4-5-9-19/h11H,3-10H2,1-2H3,(H2,15,16,17,18). The number of likely N-dealkylation sites (tertiary alicyclic amines) is 1. The Morgan fingerprint density at radius 3 is 2.63 bits per heavy atom. The minimum Gasteiger partial charge on any atom is -0.373 e. The van der Waals surface area contributed by atoms with Crippen molar-refractivity contribution in [3.05, 3.63) is 11.9 Å². The average Bonchev–Trinajstić information content (AvgIpc) is 2.96. The zero-order valence-electron chi connectivity index (χ0n) is 12.1. The van der Waals surface area contributed by atoms with E-state index in [4.69, 9.17) is 0 Å². The Kier molecular flexibility index (Phi) is 5.39. The third-order valence-electron chi connectivity index (χ3n) is 3.68. The van der Waals surface area contributed by atoms with Gasteiger partial charge in [0.1, 0.15) is 18.0 Å². The van der Waals surface area contributed by atoms with Crippen LogP contribution in [-0.2, 0) is 6.42 Å². The molecule has 2 N–H and O–H groups in total. The smallest absolute Gasteiger partial charge is 0.134 e. The van der Waals surface area contributed by atoms with E-state index >= 15 is 0 Å². The molecule has 0 aliphatic carbocycles. The van der Waals surface area contributed by atoms with Gasteiger partial charge in [-0.25, -0.2) is 9.97 Å². The predicted octanol–water partition coefficient (Wildman–Crippen LogP) is 1.98. The van der Waals surface area contributed by atoms with Gasteiger partial charge in [-0.3, -0.25) is 0 Å². The van der Waals surface area contributed by atoms with Crippen LogP contribution in [0.25, 0.3) is 0 Å². The maximum atomic E-state index is 4.35. The summed E-state index contributed by atoms with van der Waals surface area (Å²) in [7, 11) is 1.90. The van der Waals surface area contributed by atoms with E-state index in [1.807, 2.05) is 7.05 Å². The molecule has 1 fully saturated rings. The Morgan fingerprint density at radius 2 is 1.95 bits per heavy atom. The summed E-state index contributed by atoms with van der Waals surface area (Å²) in [6, 6.07) is 0. The van der Waals surface area contributed by atoms with E-state index in [0.29, 0.717) is 0 Å². The van der Waals surface area contributed by atoms with Crippen LogP contribution in [0, 0.1) is 0 Å². The molecule has 0 spiro atoms. The highest BCUT2D eigenvalue weighted by atomic mass is 15.1. The first-order valence-corrected chi connectivity index (χ1v) is 7.33. The number of hydrogen-bond donors (Lipinski definition) is 2. The van der Waals surface area contributed by atoms with Gasteiger partial charge in [0.05, 0.1) is 0 Å². The van der Waals surface area contributed by atoms with Gasteiger partial charge in [-0.05, 0) is 45.3 Å². The molecular formula is C14H25N5. The van der Waals surface area contributed by atoms with E-state index in [1.54, 1.807) is 6.33 Å².